The van der Waals surface area contributed by atoms with E-state index in [0.29, 0.717) is 12.4 Å². The molecule has 2 aromatic carbocycles. The lowest BCUT2D eigenvalue weighted by atomic mass is 9.93. The zero-order chi connectivity index (χ0) is 18.4. The summed E-state index contributed by atoms with van der Waals surface area (Å²) in [4.78, 5) is 0. The highest BCUT2D eigenvalue weighted by Crippen LogP contribution is 2.38. The smallest absolute Gasteiger partial charge is 0.126 e. The summed E-state index contributed by atoms with van der Waals surface area (Å²) in [6.45, 7) is 8.48. The number of rotatable bonds is 7. The van der Waals surface area contributed by atoms with Crippen molar-refractivity contribution in [1.29, 1.82) is 0 Å². The number of hydrogen-bond donors (Lipinski definition) is 2. The SMILES string of the molecule is C/C(=C\CO)CCc1c(C)c(OCc2ccccc2)c(C)c(C)c1O. The maximum atomic E-state index is 10.6. The highest BCUT2D eigenvalue weighted by atomic mass is 16.5. The molecule has 0 aliphatic rings. The van der Waals surface area contributed by atoms with E-state index in [1.54, 1.807) is 6.08 Å². The van der Waals surface area contributed by atoms with Crippen LogP contribution in [0, 0.1) is 20.8 Å². The van der Waals surface area contributed by atoms with Crippen molar-refractivity contribution in [2.24, 2.45) is 0 Å². The van der Waals surface area contributed by atoms with Crippen molar-refractivity contribution in [2.45, 2.75) is 47.1 Å². The molecule has 134 valence electrons. The lowest BCUT2D eigenvalue weighted by Gasteiger charge is -2.20. The van der Waals surface area contributed by atoms with Crippen LogP contribution in [0.25, 0.3) is 0 Å². The van der Waals surface area contributed by atoms with E-state index in [2.05, 4.69) is 0 Å². The van der Waals surface area contributed by atoms with E-state index < -0.39 is 0 Å². The van der Waals surface area contributed by atoms with E-state index in [4.69, 9.17) is 9.84 Å². The molecule has 0 aliphatic carbocycles. The van der Waals surface area contributed by atoms with Gasteiger partial charge in [-0.1, -0.05) is 42.0 Å². The van der Waals surface area contributed by atoms with E-state index >= 15 is 0 Å². The van der Waals surface area contributed by atoms with Crippen LogP contribution in [0.5, 0.6) is 11.5 Å². The quantitative estimate of drug-likeness (QED) is 0.714. The van der Waals surface area contributed by atoms with Crippen molar-refractivity contribution in [3.63, 3.8) is 0 Å². The van der Waals surface area contributed by atoms with Gasteiger partial charge in [0.1, 0.15) is 18.1 Å². The lowest BCUT2D eigenvalue weighted by molar-refractivity contribution is 0.300. The minimum Gasteiger partial charge on any atom is -0.507 e. The largest absolute Gasteiger partial charge is 0.507 e. The molecule has 0 heterocycles. The third-order valence-electron chi connectivity index (χ3n) is 4.77. The Bertz CT molecular complexity index is 746. The molecule has 2 N–H and O–H groups in total. The maximum Gasteiger partial charge on any atom is 0.126 e. The van der Waals surface area contributed by atoms with E-state index in [1.165, 1.54) is 0 Å². The number of ether oxygens (including phenoxy) is 1. The number of allylic oxidation sites excluding steroid dienone is 1. The van der Waals surface area contributed by atoms with Crippen LogP contribution in [0.3, 0.4) is 0 Å². The van der Waals surface area contributed by atoms with E-state index in [-0.39, 0.29) is 6.61 Å². The van der Waals surface area contributed by atoms with Crippen molar-refractivity contribution in [2.75, 3.05) is 6.61 Å². The first kappa shape index (κ1) is 19.1. The molecule has 0 radical (unpaired) electrons. The highest BCUT2D eigenvalue weighted by molar-refractivity contribution is 5.57. The van der Waals surface area contributed by atoms with Crippen LogP contribution in [0.1, 0.15) is 41.2 Å². The molecule has 25 heavy (non-hydrogen) atoms. The van der Waals surface area contributed by atoms with Gasteiger partial charge in [-0.3, -0.25) is 0 Å². The van der Waals surface area contributed by atoms with Gasteiger partial charge in [0.05, 0.1) is 6.61 Å². The van der Waals surface area contributed by atoms with Gasteiger partial charge < -0.3 is 14.9 Å². The molecule has 0 bridgehead atoms. The number of aliphatic hydroxyl groups excluding tert-OH is 1. The normalized spacial score (nSPS) is 11.6. The molecule has 0 aromatic heterocycles. The molecule has 3 heteroatoms. The Balaban J connectivity index is 2.28. The number of hydrogen-bond acceptors (Lipinski definition) is 3. The number of phenols is 1. The molecule has 2 rings (SSSR count). The first-order valence-electron chi connectivity index (χ1n) is 8.70. The molecule has 0 unspecified atom stereocenters. The minimum atomic E-state index is 0.0508. The molecule has 3 nitrogen and oxygen atoms in total. The van der Waals surface area contributed by atoms with Crippen molar-refractivity contribution >= 4 is 0 Å². The lowest BCUT2D eigenvalue weighted by Crippen LogP contribution is -2.04. The van der Waals surface area contributed by atoms with E-state index in [9.17, 15) is 5.11 Å². The molecular weight excluding hydrogens is 312 g/mol. The van der Waals surface area contributed by atoms with Gasteiger partial charge in [0.25, 0.3) is 0 Å². The fraction of sp³-hybridized carbons (Fsp3) is 0.364. The molecule has 0 fully saturated rings. The Kier molecular flexibility index (Phi) is 6.65. The standard InChI is InChI=1S/C22H28O3/c1-15(12-13-23)10-11-20-18(4)22(17(3)16(2)21(20)24)25-14-19-8-6-5-7-9-19/h5-9,12,23-24H,10-11,13-14H2,1-4H3/b15-12+. The monoisotopic (exact) mass is 340 g/mol. The summed E-state index contributed by atoms with van der Waals surface area (Å²) < 4.78 is 6.12. The second kappa shape index (κ2) is 8.72. The van der Waals surface area contributed by atoms with Crippen LogP contribution < -0.4 is 4.74 Å². The molecule has 0 spiro atoms. The van der Waals surface area contributed by atoms with Crippen LogP contribution >= 0.6 is 0 Å². The van der Waals surface area contributed by atoms with Crippen LogP contribution in [0.15, 0.2) is 42.0 Å². The van der Waals surface area contributed by atoms with Crippen LogP contribution in [0.2, 0.25) is 0 Å². The summed E-state index contributed by atoms with van der Waals surface area (Å²) in [5.74, 6) is 1.22. The van der Waals surface area contributed by atoms with Crippen molar-refractivity contribution < 1.29 is 14.9 Å². The maximum absolute atomic E-state index is 10.6. The van der Waals surface area contributed by atoms with Gasteiger partial charge in [-0.25, -0.2) is 0 Å². The van der Waals surface area contributed by atoms with Crippen molar-refractivity contribution in [3.8, 4) is 11.5 Å². The third-order valence-corrected chi connectivity index (χ3v) is 4.77. The van der Waals surface area contributed by atoms with E-state index in [1.807, 2.05) is 58.0 Å². The third kappa shape index (κ3) is 4.64. The second-order valence-electron chi connectivity index (χ2n) is 6.54. The van der Waals surface area contributed by atoms with E-state index in [0.717, 1.165) is 52.0 Å². The average Bonchev–Trinajstić information content (AvgIpc) is 2.61. The average molecular weight is 340 g/mol. The van der Waals surface area contributed by atoms with Crippen LogP contribution in [-0.4, -0.2) is 16.8 Å². The minimum absolute atomic E-state index is 0.0508. The van der Waals surface area contributed by atoms with Crippen molar-refractivity contribution in [3.05, 3.63) is 69.8 Å². The Morgan fingerprint density at radius 3 is 2.36 bits per heavy atom. The topological polar surface area (TPSA) is 49.7 Å². The summed E-state index contributed by atoms with van der Waals surface area (Å²) in [5.41, 5.74) is 6.01. The Morgan fingerprint density at radius 1 is 1.04 bits per heavy atom. The number of phenolic OH excluding ortho intramolecular Hbond substituents is 1. The summed E-state index contributed by atoms with van der Waals surface area (Å²) in [5, 5.41) is 19.6. The molecule has 0 saturated carbocycles. The zero-order valence-electron chi connectivity index (χ0n) is 15.6. The molecule has 2 aromatic rings. The van der Waals surface area contributed by atoms with Gasteiger partial charge in [0, 0.05) is 5.56 Å². The summed E-state index contributed by atoms with van der Waals surface area (Å²) >= 11 is 0. The Morgan fingerprint density at radius 2 is 1.72 bits per heavy atom. The number of aromatic hydroxyl groups is 1. The van der Waals surface area contributed by atoms with Gasteiger partial charge in [-0.05, 0) is 62.8 Å². The molecule has 0 amide bonds. The van der Waals surface area contributed by atoms with Crippen LogP contribution in [0.4, 0.5) is 0 Å². The van der Waals surface area contributed by atoms with Crippen LogP contribution in [-0.2, 0) is 13.0 Å². The first-order chi connectivity index (χ1) is 12.0. The molecular formula is C22H28O3. The fourth-order valence-electron chi connectivity index (χ4n) is 3.00. The highest BCUT2D eigenvalue weighted by Gasteiger charge is 2.18. The van der Waals surface area contributed by atoms with Gasteiger partial charge in [-0.2, -0.15) is 0 Å². The zero-order valence-corrected chi connectivity index (χ0v) is 15.6. The first-order valence-corrected chi connectivity index (χ1v) is 8.70. The van der Waals surface area contributed by atoms with Gasteiger partial charge in [0.2, 0.25) is 0 Å². The van der Waals surface area contributed by atoms with Crippen molar-refractivity contribution in [1.82, 2.24) is 0 Å². The fourth-order valence-corrected chi connectivity index (χ4v) is 3.00. The number of benzene rings is 2. The predicted octanol–water partition coefficient (Wildman–Crippen LogP) is 4.77. The predicted molar refractivity (Wildman–Crippen MR) is 102 cm³/mol. The molecule has 0 atom stereocenters. The summed E-state index contributed by atoms with van der Waals surface area (Å²) in [6, 6.07) is 10.1. The molecule has 0 saturated heterocycles. The summed E-state index contributed by atoms with van der Waals surface area (Å²) in [6.07, 6.45) is 3.33. The second-order valence-corrected chi connectivity index (χ2v) is 6.54. The van der Waals surface area contributed by atoms with Gasteiger partial charge in [-0.15, -0.1) is 0 Å². The molecule has 0 aliphatic heterocycles. The number of aliphatic hydroxyl groups is 1. The Labute approximate surface area is 150 Å². The summed E-state index contributed by atoms with van der Waals surface area (Å²) in [7, 11) is 0. The van der Waals surface area contributed by atoms with Gasteiger partial charge >= 0.3 is 0 Å². The Hall–Kier alpha value is -2.26. The van der Waals surface area contributed by atoms with Gasteiger partial charge in [0.15, 0.2) is 0 Å².